The minimum Gasteiger partial charge on any atom is -0.371 e. The van der Waals surface area contributed by atoms with Crippen LogP contribution in [-0.2, 0) is 10.0 Å². The molecule has 0 atom stereocenters. The second kappa shape index (κ2) is 6.51. The van der Waals surface area contributed by atoms with Gasteiger partial charge in [-0.05, 0) is 53.0 Å². The molecule has 0 spiro atoms. The molecule has 1 aliphatic rings. The number of anilines is 2. The SMILES string of the molecule is O=S(=O)(Nc1cc(N2CCCC2)ccc1F)c1n[nH]c2ncc(Br)cc12. The number of H-pyrrole nitrogens is 1. The van der Waals surface area contributed by atoms with E-state index in [4.69, 9.17) is 0 Å². The molecule has 2 aromatic heterocycles. The van der Waals surface area contributed by atoms with Crippen LogP contribution >= 0.6 is 15.9 Å². The zero-order valence-corrected chi connectivity index (χ0v) is 15.9. The summed E-state index contributed by atoms with van der Waals surface area (Å²) in [6, 6.07) is 6.04. The number of pyridine rings is 1. The fourth-order valence-electron chi connectivity index (χ4n) is 3.02. The third-order valence-corrected chi connectivity index (χ3v) is 6.01. The highest BCUT2D eigenvalue weighted by molar-refractivity contribution is 9.10. The normalized spacial score (nSPS) is 14.9. The molecular weight excluding hydrogens is 425 g/mol. The Morgan fingerprint density at radius 2 is 2.00 bits per heavy atom. The van der Waals surface area contributed by atoms with Crippen LogP contribution in [0, 0.1) is 5.82 Å². The van der Waals surface area contributed by atoms with Gasteiger partial charge in [0, 0.05) is 29.4 Å². The molecule has 2 N–H and O–H groups in total. The van der Waals surface area contributed by atoms with Gasteiger partial charge >= 0.3 is 0 Å². The second-order valence-corrected chi connectivity index (χ2v) is 8.56. The lowest BCUT2D eigenvalue weighted by atomic mass is 10.2. The topological polar surface area (TPSA) is 91.0 Å². The van der Waals surface area contributed by atoms with Gasteiger partial charge in [0.2, 0.25) is 5.03 Å². The van der Waals surface area contributed by atoms with E-state index in [0.717, 1.165) is 31.6 Å². The van der Waals surface area contributed by atoms with Gasteiger partial charge in [0.25, 0.3) is 10.0 Å². The van der Waals surface area contributed by atoms with Crippen LogP contribution in [0.2, 0.25) is 0 Å². The van der Waals surface area contributed by atoms with Gasteiger partial charge < -0.3 is 4.90 Å². The number of hydrogen-bond donors (Lipinski definition) is 2. The van der Waals surface area contributed by atoms with Gasteiger partial charge in [0.1, 0.15) is 5.82 Å². The Hall–Kier alpha value is -2.20. The third-order valence-electron chi connectivity index (χ3n) is 4.27. The zero-order chi connectivity index (χ0) is 18.3. The summed E-state index contributed by atoms with van der Waals surface area (Å²) in [5, 5.41) is 6.51. The number of nitrogens with zero attached hydrogens (tertiary/aromatic N) is 3. The molecule has 7 nitrogen and oxygen atoms in total. The molecule has 0 unspecified atom stereocenters. The zero-order valence-electron chi connectivity index (χ0n) is 13.5. The fraction of sp³-hybridized carbons (Fsp3) is 0.250. The van der Waals surface area contributed by atoms with Crippen LogP contribution in [0.25, 0.3) is 11.0 Å². The van der Waals surface area contributed by atoms with Crippen molar-refractivity contribution in [3.05, 3.63) is 40.8 Å². The average Bonchev–Trinajstić information content (AvgIpc) is 3.26. The number of nitrogens with one attached hydrogen (secondary N) is 2. The van der Waals surface area contributed by atoms with Crippen molar-refractivity contribution < 1.29 is 12.8 Å². The van der Waals surface area contributed by atoms with Gasteiger partial charge in [-0.2, -0.15) is 13.5 Å². The Bertz CT molecular complexity index is 1080. The first kappa shape index (κ1) is 17.2. The van der Waals surface area contributed by atoms with Crippen LogP contribution in [0.15, 0.2) is 40.0 Å². The van der Waals surface area contributed by atoms with Crippen molar-refractivity contribution in [1.29, 1.82) is 0 Å². The van der Waals surface area contributed by atoms with Crippen LogP contribution in [0.5, 0.6) is 0 Å². The second-order valence-electron chi connectivity index (χ2n) is 6.04. The number of halogens is 2. The Balaban J connectivity index is 1.71. The molecule has 0 amide bonds. The summed E-state index contributed by atoms with van der Waals surface area (Å²) in [5.74, 6) is -0.643. The van der Waals surface area contributed by atoms with Crippen molar-refractivity contribution in [3.8, 4) is 0 Å². The minimum atomic E-state index is -4.09. The van der Waals surface area contributed by atoms with E-state index in [1.165, 1.54) is 18.3 Å². The Kier molecular flexibility index (Phi) is 4.31. The Morgan fingerprint density at radius 1 is 1.23 bits per heavy atom. The molecule has 26 heavy (non-hydrogen) atoms. The van der Waals surface area contributed by atoms with Gasteiger partial charge in [-0.15, -0.1) is 0 Å². The number of benzene rings is 1. The number of aromatic nitrogens is 3. The van der Waals surface area contributed by atoms with E-state index in [0.29, 0.717) is 15.5 Å². The summed E-state index contributed by atoms with van der Waals surface area (Å²) in [6.45, 7) is 1.75. The quantitative estimate of drug-likeness (QED) is 0.650. The molecule has 1 saturated heterocycles. The smallest absolute Gasteiger partial charge is 0.282 e. The molecule has 3 aromatic rings. The molecule has 0 saturated carbocycles. The van der Waals surface area contributed by atoms with Crippen LogP contribution < -0.4 is 9.62 Å². The molecule has 1 fully saturated rings. The molecule has 0 radical (unpaired) electrons. The average molecular weight is 440 g/mol. The van der Waals surface area contributed by atoms with Crippen LogP contribution in [0.4, 0.5) is 15.8 Å². The highest BCUT2D eigenvalue weighted by atomic mass is 79.9. The Labute approximate surface area is 157 Å². The molecular formula is C16H15BrFN5O2S. The maximum atomic E-state index is 14.2. The van der Waals surface area contributed by atoms with Crippen molar-refractivity contribution in [2.45, 2.75) is 17.9 Å². The first-order valence-electron chi connectivity index (χ1n) is 8.01. The summed E-state index contributed by atoms with van der Waals surface area (Å²) in [6.07, 6.45) is 3.67. The first-order chi connectivity index (χ1) is 12.4. The lowest BCUT2D eigenvalue weighted by Crippen LogP contribution is -2.19. The molecule has 4 rings (SSSR count). The van der Waals surface area contributed by atoms with Gasteiger partial charge in [-0.25, -0.2) is 9.37 Å². The van der Waals surface area contributed by atoms with Gasteiger partial charge in [0.15, 0.2) is 5.65 Å². The monoisotopic (exact) mass is 439 g/mol. The summed E-state index contributed by atoms with van der Waals surface area (Å²) >= 11 is 3.26. The van der Waals surface area contributed by atoms with E-state index in [2.05, 4.69) is 40.7 Å². The summed E-state index contributed by atoms with van der Waals surface area (Å²) < 4.78 is 42.6. The molecule has 1 aliphatic heterocycles. The summed E-state index contributed by atoms with van der Waals surface area (Å²) in [5.41, 5.74) is 1.02. The van der Waals surface area contributed by atoms with E-state index in [-0.39, 0.29) is 10.7 Å². The van der Waals surface area contributed by atoms with Crippen LogP contribution in [-0.4, -0.2) is 36.7 Å². The van der Waals surface area contributed by atoms with E-state index in [1.54, 1.807) is 12.1 Å². The fourth-order valence-corrected chi connectivity index (χ4v) is 4.50. The van der Waals surface area contributed by atoms with Crippen molar-refractivity contribution >= 4 is 48.4 Å². The number of aromatic amines is 1. The largest absolute Gasteiger partial charge is 0.371 e. The highest BCUT2D eigenvalue weighted by Crippen LogP contribution is 2.29. The molecule has 0 aliphatic carbocycles. The van der Waals surface area contributed by atoms with E-state index in [9.17, 15) is 12.8 Å². The summed E-state index contributed by atoms with van der Waals surface area (Å²) in [4.78, 5) is 6.17. The molecule has 0 bridgehead atoms. The van der Waals surface area contributed by atoms with Gasteiger partial charge in [-0.3, -0.25) is 9.82 Å². The maximum absolute atomic E-state index is 14.2. The van der Waals surface area contributed by atoms with Crippen LogP contribution in [0.1, 0.15) is 12.8 Å². The van der Waals surface area contributed by atoms with Crippen molar-refractivity contribution in [1.82, 2.24) is 15.2 Å². The van der Waals surface area contributed by atoms with E-state index < -0.39 is 15.8 Å². The summed E-state index contributed by atoms with van der Waals surface area (Å²) in [7, 11) is -4.09. The molecule has 1 aromatic carbocycles. The van der Waals surface area contributed by atoms with E-state index >= 15 is 0 Å². The standard InChI is InChI=1S/C16H15BrFN5O2S/c17-10-7-12-15(19-9-10)20-21-16(12)26(24,25)22-14-8-11(3-4-13(14)18)23-5-1-2-6-23/h3-4,7-9,22H,1-2,5-6H2,(H,19,20,21). The molecule has 10 heteroatoms. The van der Waals surface area contributed by atoms with Crippen molar-refractivity contribution in [2.75, 3.05) is 22.7 Å². The number of rotatable bonds is 4. The van der Waals surface area contributed by atoms with Crippen molar-refractivity contribution in [2.24, 2.45) is 0 Å². The molecule has 136 valence electrons. The maximum Gasteiger partial charge on any atom is 0.282 e. The third kappa shape index (κ3) is 3.14. The lowest BCUT2D eigenvalue weighted by molar-refractivity contribution is 0.595. The van der Waals surface area contributed by atoms with Crippen LogP contribution in [0.3, 0.4) is 0 Å². The highest BCUT2D eigenvalue weighted by Gasteiger charge is 2.24. The first-order valence-corrected chi connectivity index (χ1v) is 10.3. The minimum absolute atomic E-state index is 0.103. The molecule has 3 heterocycles. The Morgan fingerprint density at radius 3 is 2.77 bits per heavy atom. The predicted octanol–water partition coefficient (Wildman–Crippen LogP) is 3.26. The van der Waals surface area contributed by atoms with Gasteiger partial charge in [-0.1, -0.05) is 0 Å². The number of fused-ring (bicyclic) bond motifs is 1. The predicted molar refractivity (Wildman–Crippen MR) is 100 cm³/mol. The number of sulfonamides is 1. The van der Waals surface area contributed by atoms with E-state index in [1.807, 2.05) is 0 Å². The van der Waals surface area contributed by atoms with Gasteiger partial charge in [0.05, 0.1) is 11.1 Å². The number of hydrogen-bond acceptors (Lipinski definition) is 5. The van der Waals surface area contributed by atoms with Crippen molar-refractivity contribution in [3.63, 3.8) is 0 Å². The lowest BCUT2D eigenvalue weighted by Gasteiger charge is -2.19.